The van der Waals surface area contributed by atoms with E-state index in [4.69, 9.17) is 10.7 Å². The van der Waals surface area contributed by atoms with Crippen LogP contribution in [0.25, 0.3) is 0 Å². The number of hydrogen-bond donors (Lipinski definition) is 3. The summed E-state index contributed by atoms with van der Waals surface area (Å²) in [5, 5.41) is 0. The third-order valence-electron chi connectivity index (χ3n) is 0.795. The van der Waals surface area contributed by atoms with Gasteiger partial charge in [-0.3, -0.25) is 4.84 Å². The van der Waals surface area contributed by atoms with E-state index in [-0.39, 0.29) is 0 Å². The molecule has 4 N–H and O–H groups in total. The Morgan fingerprint density at radius 2 is 2.20 bits per heavy atom. The Morgan fingerprint density at radius 1 is 1.40 bits per heavy atom. The predicted octanol–water partition coefficient (Wildman–Crippen LogP) is -0.687. The van der Waals surface area contributed by atoms with Gasteiger partial charge in [0.2, 0.25) is 0 Å². The largest absolute Gasteiger partial charge is 0.303 e. The van der Waals surface area contributed by atoms with Crippen LogP contribution in [0.1, 0.15) is 13.3 Å². The van der Waals surface area contributed by atoms with Crippen LogP contribution in [0, 0.1) is 0 Å². The van der Waals surface area contributed by atoms with Crippen LogP contribution >= 0.6 is 0 Å². The Balaban J connectivity index is 2.65. The van der Waals surface area contributed by atoms with Crippen LogP contribution in [-0.4, -0.2) is 19.8 Å². The molecule has 0 aliphatic rings. The molecule has 0 spiro atoms. The summed E-state index contributed by atoms with van der Waals surface area (Å²) in [6.07, 6.45) is 0.988. The molecule has 0 bridgehead atoms. The summed E-state index contributed by atoms with van der Waals surface area (Å²) in [6.45, 7) is 3.81. The van der Waals surface area contributed by atoms with E-state index >= 15 is 0 Å². The van der Waals surface area contributed by atoms with Crippen LogP contribution in [-0.2, 0) is 9.68 Å². The van der Waals surface area contributed by atoms with Gasteiger partial charge in [0, 0.05) is 6.54 Å². The molecule has 5 heteroatoms. The number of rotatable bonds is 7. The highest BCUT2D eigenvalue weighted by Gasteiger charge is 1.83. The first-order valence-corrected chi connectivity index (χ1v) is 3.33. The summed E-state index contributed by atoms with van der Waals surface area (Å²) in [5.74, 6) is 4.76. The average Bonchev–Trinajstić information content (AvgIpc) is 1.97. The van der Waals surface area contributed by atoms with Crippen molar-refractivity contribution in [3.05, 3.63) is 0 Å². The highest BCUT2D eigenvalue weighted by Crippen LogP contribution is 1.71. The second-order valence-electron chi connectivity index (χ2n) is 1.75. The lowest BCUT2D eigenvalue weighted by Gasteiger charge is -2.04. The van der Waals surface area contributed by atoms with Crippen molar-refractivity contribution in [1.82, 2.24) is 11.0 Å². The zero-order valence-corrected chi connectivity index (χ0v) is 6.22. The summed E-state index contributed by atoms with van der Waals surface area (Å²) in [7, 11) is 0. The Kier molecular flexibility index (Phi) is 8.62. The molecule has 0 unspecified atom stereocenters. The SMILES string of the molecule is CCCONNCCON. The Hall–Kier alpha value is -0.200. The molecular weight excluding hydrogens is 134 g/mol. The molecule has 62 valence electrons. The van der Waals surface area contributed by atoms with Gasteiger partial charge in [0.25, 0.3) is 0 Å². The third kappa shape index (κ3) is 7.80. The first kappa shape index (κ1) is 9.80. The van der Waals surface area contributed by atoms with Crippen LogP contribution in [0.2, 0.25) is 0 Å². The summed E-state index contributed by atoms with van der Waals surface area (Å²) < 4.78 is 0. The molecule has 0 aliphatic heterocycles. The zero-order valence-electron chi connectivity index (χ0n) is 6.22. The molecule has 0 aromatic rings. The van der Waals surface area contributed by atoms with Crippen molar-refractivity contribution in [1.29, 1.82) is 0 Å². The second kappa shape index (κ2) is 8.80. The fraction of sp³-hybridized carbons (Fsp3) is 1.00. The van der Waals surface area contributed by atoms with Gasteiger partial charge in [-0.25, -0.2) is 11.3 Å². The molecule has 0 aromatic heterocycles. The van der Waals surface area contributed by atoms with E-state index in [1.165, 1.54) is 0 Å². The van der Waals surface area contributed by atoms with E-state index in [1.807, 2.05) is 6.92 Å². The van der Waals surface area contributed by atoms with E-state index in [0.29, 0.717) is 19.8 Å². The molecule has 5 nitrogen and oxygen atoms in total. The van der Waals surface area contributed by atoms with E-state index in [9.17, 15) is 0 Å². The molecule has 0 radical (unpaired) electrons. The van der Waals surface area contributed by atoms with E-state index in [1.54, 1.807) is 0 Å². The smallest absolute Gasteiger partial charge is 0.0818 e. The first-order chi connectivity index (χ1) is 4.91. The van der Waals surface area contributed by atoms with Gasteiger partial charge in [0.15, 0.2) is 0 Å². The number of nitrogens with two attached hydrogens (primary N) is 1. The van der Waals surface area contributed by atoms with Crippen molar-refractivity contribution < 1.29 is 9.68 Å². The van der Waals surface area contributed by atoms with Gasteiger partial charge in [-0.05, 0) is 6.42 Å². The van der Waals surface area contributed by atoms with Crippen LogP contribution < -0.4 is 16.9 Å². The minimum absolute atomic E-state index is 0.461. The Morgan fingerprint density at radius 3 is 2.80 bits per heavy atom. The molecule has 0 amide bonds. The molecule has 0 heterocycles. The molecule has 0 atom stereocenters. The summed E-state index contributed by atoms with van der Waals surface area (Å²) in [6, 6.07) is 0. The molecule has 0 aromatic carbocycles. The first-order valence-electron chi connectivity index (χ1n) is 3.33. The lowest BCUT2D eigenvalue weighted by Crippen LogP contribution is -2.35. The number of nitrogens with one attached hydrogen (secondary N) is 2. The minimum atomic E-state index is 0.461. The highest BCUT2D eigenvalue weighted by atomic mass is 16.7. The lowest BCUT2D eigenvalue weighted by molar-refractivity contribution is 0.00478. The molecule has 0 rings (SSSR count). The minimum Gasteiger partial charge on any atom is -0.303 e. The zero-order chi connectivity index (χ0) is 7.66. The number of hydrogen-bond acceptors (Lipinski definition) is 5. The predicted molar refractivity (Wildman–Crippen MR) is 37.5 cm³/mol. The fourth-order valence-corrected chi connectivity index (χ4v) is 0.365. The van der Waals surface area contributed by atoms with Crippen LogP contribution in [0.4, 0.5) is 0 Å². The fourth-order valence-electron chi connectivity index (χ4n) is 0.365. The summed E-state index contributed by atoms with van der Waals surface area (Å²) in [4.78, 5) is 9.16. The Bertz CT molecular complexity index is 54.9. The highest BCUT2D eigenvalue weighted by molar-refractivity contribution is 4.29. The monoisotopic (exact) mass is 149 g/mol. The average molecular weight is 149 g/mol. The van der Waals surface area contributed by atoms with Gasteiger partial charge in [-0.2, -0.15) is 0 Å². The van der Waals surface area contributed by atoms with Gasteiger partial charge in [-0.1, -0.05) is 6.92 Å². The Labute approximate surface area is 60.7 Å². The maximum absolute atomic E-state index is 4.87. The lowest BCUT2D eigenvalue weighted by atomic mass is 10.5. The number of hydrazine groups is 1. The van der Waals surface area contributed by atoms with Gasteiger partial charge in [-0.15, -0.1) is 5.59 Å². The van der Waals surface area contributed by atoms with Crippen molar-refractivity contribution in [3.63, 3.8) is 0 Å². The van der Waals surface area contributed by atoms with Crippen molar-refractivity contribution >= 4 is 0 Å². The van der Waals surface area contributed by atoms with Gasteiger partial charge >= 0.3 is 0 Å². The maximum Gasteiger partial charge on any atom is 0.0818 e. The topological polar surface area (TPSA) is 68.5 Å². The van der Waals surface area contributed by atoms with Crippen LogP contribution in [0.5, 0.6) is 0 Å². The molecular formula is C5H15N3O2. The molecule has 10 heavy (non-hydrogen) atoms. The summed E-state index contributed by atoms with van der Waals surface area (Å²) >= 11 is 0. The van der Waals surface area contributed by atoms with E-state index in [2.05, 4.69) is 15.9 Å². The van der Waals surface area contributed by atoms with E-state index in [0.717, 1.165) is 6.42 Å². The third-order valence-corrected chi connectivity index (χ3v) is 0.795. The van der Waals surface area contributed by atoms with Gasteiger partial charge < -0.3 is 4.84 Å². The molecule has 0 fully saturated rings. The van der Waals surface area contributed by atoms with Crippen molar-refractivity contribution in [3.8, 4) is 0 Å². The molecule has 0 saturated carbocycles. The quantitative estimate of drug-likeness (QED) is 0.330. The van der Waals surface area contributed by atoms with Crippen molar-refractivity contribution in [2.24, 2.45) is 5.90 Å². The summed E-state index contributed by atoms with van der Waals surface area (Å²) in [5.41, 5.74) is 5.28. The van der Waals surface area contributed by atoms with Crippen molar-refractivity contribution in [2.75, 3.05) is 19.8 Å². The second-order valence-corrected chi connectivity index (χ2v) is 1.75. The van der Waals surface area contributed by atoms with E-state index < -0.39 is 0 Å². The van der Waals surface area contributed by atoms with Gasteiger partial charge in [0.1, 0.15) is 0 Å². The maximum atomic E-state index is 4.87. The molecule has 0 aliphatic carbocycles. The van der Waals surface area contributed by atoms with Gasteiger partial charge in [0.05, 0.1) is 13.2 Å². The standard InChI is InChI=1S/C5H15N3O2/c1-2-4-10-8-7-3-5-9-6/h7-8H,2-6H2,1H3. The van der Waals surface area contributed by atoms with Crippen molar-refractivity contribution in [2.45, 2.75) is 13.3 Å². The van der Waals surface area contributed by atoms with Crippen LogP contribution in [0.15, 0.2) is 0 Å². The normalized spacial score (nSPS) is 10.2. The molecule has 0 saturated heterocycles. The van der Waals surface area contributed by atoms with Crippen LogP contribution in [0.3, 0.4) is 0 Å².